The third kappa shape index (κ3) is 5.58. The van der Waals surface area contributed by atoms with E-state index in [0.29, 0.717) is 29.0 Å². The Balaban J connectivity index is 0.00000272. The first-order chi connectivity index (χ1) is 14.4. The molecule has 0 radical (unpaired) electrons. The quantitative estimate of drug-likeness (QED) is 0.371. The van der Waals surface area contributed by atoms with Crippen LogP contribution in [0.2, 0.25) is 0 Å². The molecule has 0 amide bonds. The molecule has 0 spiro atoms. The molecule has 1 aliphatic rings. The molecule has 3 aromatic rings. The molecule has 3 aromatic carbocycles. The minimum Gasteiger partial charge on any atom is -0.281 e. The Labute approximate surface area is 229 Å². The Hall–Kier alpha value is -0.815. The zero-order valence-corrected chi connectivity index (χ0v) is 22.7. The number of aryl methyl sites for hydroxylation is 1. The van der Waals surface area contributed by atoms with Crippen LogP contribution < -0.4 is 58.2 Å². The summed E-state index contributed by atoms with van der Waals surface area (Å²) < 4.78 is 55.4. The van der Waals surface area contributed by atoms with E-state index in [1.807, 2.05) is 24.3 Å². The maximum Gasteiger partial charge on any atom is 1.00 e. The number of halogens is 4. The van der Waals surface area contributed by atoms with E-state index in [-0.39, 0.29) is 64.1 Å². The second-order valence-corrected chi connectivity index (χ2v) is 8.20. The molecule has 0 heterocycles. The van der Waals surface area contributed by atoms with Crippen molar-refractivity contribution in [3.05, 3.63) is 106 Å². The molecule has 0 aliphatic heterocycles. The maximum atomic E-state index is 14.3. The molecule has 1 aliphatic carbocycles. The van der Waals surface area contributed by atoms with Gasteiger partial charge in [-0.15, -0.1) is 11.6 Å². The minimum absolute atomic E-state index is 0. The Kier molecular flexibility index (Phi) is 8.70. The van der Waals surface area contributed by atoms with E-state index in [1.165, 1.54) is 11.6 Å². The topological polar surface area (TPSA) is 0 Å². The summed E-state index contributed by atoms with van der Waals surface area (Å²) in [7, 11) is 0. The Morgan fingerprint density at radius 3 is 2.10 bits per heavy atom. The van der Waals surface area contributed by atoms with Gasteiger partial charge < -0.3 is 0 Å². The molecule has 0 bridgehead atoms. The van der Waals surface area contributed by atoms with Gasteiger partial charge in [0.05, 0.1) is 0 Å². The molecule has 156 valence electrons. The van der Waals surface area contributed by atoms with Crippen molar-refractivity contribution in [2.75, 3.05) is 0 Å². The molecule has 1 saturated carbocycles. The van der Waals surface area contributed by atoms with Crippen LogP contribution in [0.5, 0.6) is 0 Å². The molecule has 0 unspecified atom stereocenters. The Bertz CT molecular complexity index is 1040. The normalized spacial score (nSPS) is 18.5. The van der Waals surface area contributed by atoms with Crippen LogP contribution in [0.3, 0.4) is 0 Å². The summed E-state index contributed by atoms with van der Waals surface area (Å²) in [6, 6.07) is 16.5. The van der Waals surface area contributed by atoms with Crippen molar-refractivity contribution in [3.63, 3.8) is 0 Å². The van der Waals surface area contributed by atoms with Gasteiger partial charge >= 0.3 is 58.2 Å². The van der Waals surface area contributed by atoms with Gasteiger partial charge in [0.15, 0.2) is 11.6 Å². The monoisotopic (exact) mass is 496 g/mol. The zero-order chi connectivity index (χ0) is 21.3. The summed E-state index contributed by atoms with van der Waals surface area (Å²) in [6.45, 7) is 1.57. The van der Waals surface area contributed by atoms with E-state index >= 15 is 0 Å². The van der Waals surface area contributed by atoms with E-state index < -0.39 is 23.3 Å². The predicted molar refractivity (Wildman–Crippen MR) is 109 cm³/mol. The third-order valence-corrected chi connectivity index (χ3v) is 6.29. The van der Waals surface area contributed by atoms with Gasteiger partial charge in [-0.2, -0.15) is 12.1 Å². The average Bonchev–Trinajstić information content (AvgIpc) is 2.76. The molecular formula is C26H23F4Rb. The maximum absolute atomic E-state index is 14.3. The molecule has 0 nitrogen and oxygen atoms in total. The molecule has 0 atom stereocenters. The van der Waals surface area contributed by atoms with Gasteiger partial charge in [-0.25, -0.2) is 13.2 Å². The molecule has 0 aromatic heterocycles. The summed E-state index contributed by atoms with van der Waals surface area (Å²) in [4.78, 5) is 0. The fourth-order valence-corrected chi connectivity index (χ4v) is 4.47. The largest absolute Gasteiger partial charge is 1.00 e. The SMILES string of the molecule is Cc1ccc(C2CCC(c3ccc(Cc4cc[c-]c(F)c4F)cc3)CC2)c(F)c1F.[Rb+]. The van der Waals surface area contributed by atoms with Gasteiger partial charge in [0, 0.05) is 11.6 Å². The van der Waals surface area contributed by atoms with Crippen LogP contribution >= 0.6 is 0 Å². The molecule has 0 saturated heterocycles. The summed E-state index contributed by atoms with van der Waals surface area (Å²) in [6.07, 6.45) is 3.77. The number of hydrogen-bond donors (Lipinski definition) is 0. The van der Waals surface area contributed by atoms with Crippen molar-refractivity contribution in [2.45, 2.75) is 50.9 Å². The van der Waals surface area contributed by atoms with E-state index in [0.717, 1.165) is 31.2 Å². The number of rotatable bonds is 4. The van der Waals surface area contributed by atoms with Gasteiger partial charge in [0.25, 0.3) is 0 Å². The Morgan fingerprint density at radius 1 is 0.774 bits per heavy atom. The van der Waals surface area contributed by atoms with Crippen molar-refractivity contribution < 1.29 is 75.7 Å². The standard InChI is InChI=1S/C26H23F4.Rb/c1-16-5-14-22(26(30)24(16)28)20-12-10-19(11-13-20)18-8-6-17(7-9-18)15-21-3-2-4-23(27)25(21)29;/h2-3,5-9,14,19-20H,10-13,15H2,1H3;/q-1;+1. The van der Waals surface area contributed by atoms with E-state index in [1.54, 1.807) is 25.1 Å². The minimum atomic E-state index is -0.953. The first-order valence-corrected chi connectivity index (χ1v) is 10.3. The fourth-order valence-electron chi connectivity index (χ4n) is 4.47. The number of hydrogen-bond acceptors (Lipinski definition) is 0. The second kappa shape index (κ2) is 10.9. The van der Waals surface area contributed by atoms with Crippen molar-refractivity contribution in [1.82, 2.24) is 0 Å². The van der Waals surface area contributed by atoms with Gasteiger partial charge in [-0.3, -0.25) is 4.39 Å². The Morgan fingerprint density at radius 2 is 1.42 bits per heavy atom. The smallest absolute Gasteiger partial charge is 0.281 e. The van der Waals surface area contributed by atoms with Crippen LogP contribution in [0.1, 0.15) is 65.3 Å². The summed E-state index contributed by atoms with van der Waals surface area (Å²) in [5.74, 6) is -2.83. The summed E-state index contributed by atoms with van der Waals surface area (Å²) in [5, 5.41) is 0. The van der Waals surface area contributed by atoms with Crippen molar-refractivity contribution in [3.8, 4) is 0 Å². The van der Waals surface area contributed by atoms with Gasteiger partial charge in [0.1, 0.15) is 0 Å². The first kappa shape index (κ1) is 24.8. The predicted octanol–water partition coefficient (Wildman–Crippen LogP) is 4.39. The average molecular weight is 497 g/mol. The number of benzene rings is 3. The third-order valence-electron chi connectivity index (χ3n) is 6.29. The second-order valence-electron chi connectivity index (χ2n) is 8.20. The van der Waals surface area contributed by atoms with Crippen LogP contribution in [-0.2, 0) is 6.42 Å². The van der Waals surface area contributed by atoms with E-state index in [4.69, 9.17) is 0 Å². The van der Waals surface area contributed by atoms with Crippen LogP contribution in [-0.4, -0.2) is 0 Å². The van der Waals surface area contributed by atoms with Crippen LogP contribution in [0.15, 0.2) is 48.5 Å². The first-order valence-electron chi connectivity index (χ1n) is 10.3. The van der Waals surface area contributed by atoms with Crippen LogP contribution in [0.4, 0.5) is 17.6 Å². The molecular weight excluding hydrogens is 474 g/mol. The molecule has 4 rings (SSSR count). The molecule has 31 heavy (non-hydrogen) atoms. The van der Waals surface area contributed by atoms with E-state index in [9.17, 15) is 17.6 Å². The van der Waals surface area contributed by atoms with Gasteiger partial charge in [-0.05, 0) is 73.1 Å². The van der Waals surface area contributed by atoms with Crippen molar-refractivity contribution in [2.24, 2.45) is 0 Å². The molecule has 5 heteroatoms. The molecule has 1 fully saturated rings. The van der Waals surface area contributed by atoms with Gasteiger partial charge in [-0.1, -0.05) is 36.4 Å². The zero-order valence-electron chi connectivity index (χ0n) is 17.8. The van der Waals surface area contributed by atoms with E-state index in [2.05, 4.69) is 6.07 Å². The fraction of sp³-hybridized carbons (Fsp3) is 0.308. The van der Waals surface area contributed by atoms with Gasteiger partial charge in [0.2, 0.25) is 0 Å². The van der Waals surface area contributed by atoms with Crippen LogP contribution in [0, 0.1) is 36.3 Å². The summed E-state index contributed by atoms with van der Waals surface area (Å²) in [5.41, 5.74) is 3.24. The summed E-state index contributed by atoms with van der Waals surface area (Å²) >= 11 is 0. The molecule has 0 N–H and O–H groups in total. The van der Waals surface area contributed by atoms with Crippen molar-refractivity contribution in [1.29, 1.82) is 0 Å². The van der Waals surface area contributed by atoms with Crippen LogP contribution in [0.25, 0.3) is 0 Å². The van der Waals surface area contributed by atoms with Crippen molar-refractivity contribution >= 4 is 0 Å².